The predicted octanol–water partition coefficient (Wildman–Crippen LogP) is 2.69. The first kappa shape index (κ1) is 6.84. The van der Waals surface area contributed by atoms with E-state index in [0.29, 0.717) is 11.8 Å². The highest BCUT2D eigenvalue weighted by atomic mass is 14.7. The summed E-state index contributed by atoms with van der Waals surface area (Å²) in [5.41, 5.74) is 2.78. The molecule has 0 saturated heterocycles. The van der Waals surface area contributed by atoms with Crippen molar-refractivity contribution in [3.8, 4) is 0 Å². The zero-order valence-corrected chi connectivity index (χ0v) is 7.04. The summed E-state index contributed by atoms with van der Waals surface area (Å²) in [5, 5.41) is 0. The molecule has 1 aromatic heterocycles. The van der Waals surface area contributed by atoms with Crippen molar-refractivity contribution >= 4 is 0 Å². The minimum Gasteiger partial charge on any atom is -0.261 e. The fraction of sp³-hybridized carbons (Fsp3) is 0.500. The van der Waals surface area contributed by atoms with E-state index in [1.54, 1.807) is 0 Å². The maximum absolute atomic E-state index is 4.39. The second-order valence-corrected chi connectivity index (χ2v) is 3.52. The number of hydrogen-bond donors (Lipinski definition) is 0. The molecule has 0 N–H and O–H groups in total. The van der Waals surface area contributed by atoms with Crippen molar-refractivity contribution in [3.05, 3.63) is 29.6 Å². The summed E-state index contributed by atoms with van der Waals surface area (Å²) in [7, 11) is 0. The molecule has 0 aliphatic heterocycles. The fourth-order valence-corrected chi connectivity index (χ4v) is 2.03. The molecule has 1 heterocycles. The molecule has 1 aromatic rings. The standard InChI is InChI=1S/C10H13N/c1-7-6-8(2)10-9(7)4-3-5-11-10/h3-5,7-8H,6H2,1-2H3/t7-,8-/m1/s1. The quantitative estimate of drug-likeness (QED) is 0.549. The predicted molar refractivity (Wildman–Crippen MR) is 45.7 cm³/mol. The van der Waals surface area contributed by atoms with Crippen LogP contribution in [0.3, 0.4) is 0 Å². The van der Waals surface area contributed by atoms with E-state index < -0.39 is 0 Å². The van der Waals surface area contributed by atoms with Crippen LogP contribution in [0, 0.1) is 0 Å². The van der Waals surface area contributed by atoms with Gasteiger partial charge in [-0.1, -0.05) is 19.9 Å². The Kier molecular flexibility index (Phi) is 1.45. The molecular weight excluding hydrogens is 134 g/mol. The molecule has 1 nitrogen and oxygen atoms in total. The van der Waals surface area contributed by atoms with Gasteiger partial charge < -0.3 is 0 Å². The van der Waals surface area contributed by atoms with E-state index in [1.807, 2.05) is 12.3 Å². The summed E-state index contributed by atoms with van der Waals surface area (Å²) < 4.78 is 0. The third-order valence-corrected chi connectivity index (χ3v) is 2.58. The molecule has 58 valence electrons. The lowest BCUT2D eigenvalue weighted by molar-refractivity contribution is 0.655. The molecule has 0 saturated carbocycles. The topological polar surface area (TPSA) is 12.9 Å². The Morgan fingerprint density at radius 3 is 2.91 bits per heavy atom. The average molecular weight is 147 g/mol. The van der Waals surface area contributed by atoms with Crippen LogP contribution in [0.2, 0.25) is 0 Å². The lowest BCUT2D eigenvalue weighted by Gasteiger charge is -2.00. The van der Waals surface area contributed by atoms with E-state index in [4.69, 9.17) is 0 Å². The minimum absolute atomic E-state index is 0.668. The number of aromatic nitrogens is 1. The van der Waals surface area contributed by atoms with Gasteiger partial charge in [0.15, 0.2) is 0 Å². The summed E-state index contributed by atoms with van der Waals surface area (Å²) in [6, 6.07) is 4.24. The largest absolute Gasteiger partial charge is 0.261 e. The monoisotopic (exact) mass is 147 g/mol. The van der Waals surface area contributed by atoms with Crippen molar-refractivity contribution in [2.75, 3.05) is 0 Å². The number of nitrogens with zero attached hydrogens (tertiary/aromatic N) is 1. The van der Waals surface area contributed by atoms with Crippen LogP contribution in [-0.4, -0.2) is 4.98 Å². The van der Waals surface area contributed by atoms with Crippen LogP contribution in [0.25, 0.3) is 0 Å². The molecule has 0 fully saturated rings. The summed E-state index contributed by atoms with van der Waals surface area (Å²) in [6.45, 7) is 4.54. The van der Waals surface area contributed by atoms with Crippen LogP contribution in [0.5, 0.6) is 0 Å². The zero-order valence-electron chi connectivity index (χ0n) is 7.04. The Hall–Kier alpha value is -0.850. The third-order valence-electron chi connectivity index (χ3n) is 2.58. The molecule has 0 aromatic carbocycles. The van der Waals surface area contributed by atoms with Crippen molar-refractivity contribution in [3.63, 3.8) is 0 Å². The minimum atomic E-state index is 0.668. The van der Waals surface area contributed by atoms with Crippen molar-refractivity contribution in [1.82, 2.24) is 4.98 Å². The van der Waals surface area contributed by atoms with Gasteiger partial charge in [-0.05, 0) is 29.9 Å². The fourth-order valence-electron chi connectivity index (χ4n) is 2.03. The van der Waals surface area contributed by atoms with E-state index >= 15 is 0 Å². The van der Waals surface area contributed by atoms with Gasteiger partial charge in [0.05, 0.1) is 0 Å². The van der Waals surface area contributed by atoms with Gasteiger partial charge in [-0.15, -0.1) is 0 Å². The highest BCUT2D eigenvalue weighted by Crippen LogP contribution is 2.39. The molecule has 1 aliphatic rings. The van der Waals surface area contributed by atoms with Gasteiger partial charge >= 0.3 is 0 Å². The van der Waals surface area contributed by atoms with Gasteiger partial charge in [0, 0.05) is 11.9 Å². The molecule has 11 heavy (non-hydrogen) atoms. The normalized spacial score (nSPS) is 28.5. The zero-order chi connectivity index (χ0) is 7.84. The van der Waals surface area contributed by atoms with Crippen molar-refractivity contribution in [2.24, 2.45) is 0 Å². The van der Waals surface area contributed by atoms with Crippen LogP contribution < -0.4 is 0 Å². The van der Waals surface area contributed by atoms with Gasteiger partial charge in [-0.2, -0.15) is 0 Å². The van der Waals surface area contributed by atoms with Crippen molar-refractivity contribution < 1.29 is 0 Å². The van der Waals surface area contributed by atoms with Crippen LogP contribution in [0.15, 0.2) is 18.3 Å². The molecule has 0 bridgehead atoms. The molecule has 2 atom stereocenters. The summed E-state index contributed by atoms with van der Waals surface area (Å²) in [4.78, 5) is 4.39. The number of hydrogen-bond acceptors (Lipinski definition) is 1. The Balaban J connectivity index is 2.52. The Morgan fingerprint density at radius 2 is 2.18 bits per heavy atom. The second kappa shape index (κ2) is 2.33. The van der Waals surface area contributed by atoms with Crippen molar-refractivity contribution in [2.45, 2.75) is 32.1 Å². The molecule has 2 rings (SSSR count). The lowest BCUT2D eigenvalue weighted by Crippen LogP contribution is -1.89. The number of fused-ring (bicyclic) bond motifs is 1. The lowest BCUT2D eigenvalue weighted by atomic mass is 10.1. The number of pyridine rings is 1. The number of rotatable bonds is 0. The summed E-state index contributed by atoms with van der Waals surface area (Å²) >= 11 is 0. The summed E-state index contributed by atoms with van der Waals surface area (Å²) in [6.07, 6.45) is 3.17. The van der Waals surface area contributed by atoms with Gasteiger partial charge in [0.2, 0.25) is 0 Å². The van der Waals surface area contributed by atoms with Crippen LogP contribution in [-0.2, 0) is 0 Å². The Morgan fingerprint density at radius 1 is 1.36 bits per heavy atom. The van der Waals surface area contributed by atoms with E-state index in [-0.39, 0.29) is 0 Å². The molecule has 0 radical (unpaired) electrons. The van der Waals surface area contributed by atoms with E-state index in [0.717, 1.165) is 0 Å². The van der Waals surface area contributed by atoms with Crippen LogP contribution in [0.4, 0.5) is 0 Å². The third kappa shape index (κ3) is 0.953. The maximum atomic E-state index is 4.39. The smallest absolute Gasteiger partial charge is 0.0466 e. The molecule has 1 aliphatic carbocycles. The highest BCUT2D eigenvalue weighted by Gasteiger charge is 2.25. The Bertz CT molecular complexity index is 240. The summed E-state index contributed by atoms with van der Waals surface area (Å²) in [5.74, 6) is 1.38. The molecular formula is C10H13N. The van der Waals surface area contributed by atoms with E-state index in [1.165, 1.54) is 17.7 Å². The molecule has 0 spiro atoms. The van der Waals surface area contributed by atoms with Crippen molar-refractivity contribution in [1.29, 1.82) is 0 Å². The van der Waals surface area contributed by atoms with Gasteiger partial charge in [0.1, 0.15) is 0 Å². The molecule has 0 amide bonds. The van der Waals surface area contributed by atoms with E-state index in [9.17, 15) is 0 Å². The van der Waals surface area contributed by atoms with Crippen LogP contribution in [0.1, 0.15) is 43.4 Å². The second-order valence-electron chi connectivity index (χ2n) is 3.52. The SMILES string of the molecule is C[C@@H]1C[C@@H](C)c2ncccc21. The van der Waals surface area contributed by atoms with Gasteiger partial charge in [-0.25, -0.2) is 0 Å². The van der Waals surface area contributed by atoms with Gasteiger partial charge in [0.25, 0.3) is 0 Å². The Labute approximate surface area is 67.5 Å². The highest BCUT2D eigenvalue weighted by molar-refractivity contribution is 5.31. The first-order valence-corrected chi connectivity index (χ1v) is 4.24. The van der Waals surface area contributed by atoms with Crippen LogP contribution >= 0.6 is 0 Å². The average Bonchev–Trinajstić information content (AvgIpc) is 2.30. The van der Waals surface area contributed by atoms with E-state index in [2.05, 4.69) is 24.9 Å². The first-order chi connectivity index (χ1) is 5.29. The maximum Gasteiger partial charge on any atom is 0.0466 e. The van der Waals surface area contributed by atoms with Gasteiger partial charge in [-0.3, -0.25) is 4.98 Å². The first-order valence-electron chi connectivity index (χ1n) is 4.24. The molecule has 0 unspecified atom stereocenters. The molecule has 1 heteroatoms.